The monoisotopic (exact) mass is 623 g/mol. The number of nitrogens with zero attached hydrogens (tertiary/aromatic N) is 2. The number of para-hydroxylation sites is 1. The van der Waals surface area contributed by atoms with Crippen molar-refractivity contribution in [2.75, 3.05) is 16.1 Å². The number of rotatable bonds is 9. The number of nitrogens with one attached hydrogen (secondary N) is 3. The van der Waals surface area contributed by atoms with Crippen LogP contribution in [0.3, 0.4) is 0 Å². The number of hydrogen-bond donors (Lipinski definition) is 3. The molecule has 11 heteroatoms. The smallest absolute Gasteiger partial charge is 0.272 e. The average molecular weight is 624 g/mol. The minimum Gasteiger partial charge on any atom is -0.321 e. The molecule has 4 aromatic carbocycles. The SMILES string of the molecule is O=C(CSc1cccc(NC(=O)/C(=C\c2ccccc2Cl)NC(=O)c2ccccc2)c1)NC1=NN(c2ccccc2)C(=O)C1. The van der Waals surface area contributed by atoms with Crippen LogP contribution in [0.1, 0.15) is 22.3 Å². The van der Waals surface area contributed by atoms with Crippen LogP contribution in [0.2, 0.25) is 5.02 Å². The molecule has 0 saturated heterocycles. The highest BCUT2D eigenvalue weighted by Crippen LogP contribution is 2.24. The highest BCUT2D eigenvalue weighted by molar-refractivity contribution is 8.00. The van der Waals surface area contributed by atoms with E-state index >= 15 is 0 Å². The van der Waals surface area contributed by atoms with Crippen molar-refractivity contribution in [2.45, 2.75) is 11.3 Å². The predicted octanol–water partition coefficient (Wildman–Crippen LogP) is 5.71. The van der Waals surface area contributed by atoms with Gasteiger partial charge in [-0.15, -0.1) is 11.8 Å². The summed E-state index contributed by atoms with van der Waals surface area (Å²) in [5, 5.41) is 14.1. The van der Waals surface area contributed by atoms with Crippen molar-refractivity contribution in [3.63, 3.8) is 0 Å². The molecule has 0 aliphatic carbocycles. The number of carbonyl (C=O) groups excluding carboxylic acids is 4. The molecule has 4 aromatic rings. The summed E-state index contributed by atoms with van der Waals surface area (Å²) >= 11 is 7.57. The Kier molecular flexibility index (Phi) is 9.85. The van der Waals surface area contributed by atoms with Gasteiger partial charge in [-0.3, -0.25) is 19.2 Å². The van der Waals surface area contributed by atoms with Crippen molar-refractivity contribution in [2.24, 2.45) is 5.10 Å². The summed E-state index contributed by atoms with van der Waals surface area (Å²) in [6.45, 7) is 0. The van der Waals surface area contributed by atoms with E-state index in [1.54, 1.807) is 103 Å². The minimum absolute atomic E-state index is 0.000758. The van der Waals surface area contributed by atoms with Gasteiger partial charge < -0.3 is 16.0 Å². The van der Waals surface area contributed by atoms with E-state index in [0.29, 0.717) is 27.5 Å². The number of amides is 4. The molecule has 0 unspecified atom stereocenters. The molecule has 220 valence electrons. The van der Waals surface area contributed by atoms with Crippen molar-refractivity contribution >= 4 is 70.3 Å². The molecule has 44 heavy (non-hydrogen) atoms. The first kappa shape index (κ1) is 30.3. The van der Waals surface area contributed by atoms with Crippen LogP contribution in [0.5, 0.6) is 0 Å². The van der Waals surface area contributed by atoms with Crippen molar-refractivity contribution in [3.05, 3.63) is 131 Å². The van der Waals surface area contributed by atoms with Crippen LogP contribution in [0, 0.1) is 0 Å². The van der Waals surface area contributed by atoms with Crippen molar-refractivity contribution < 1.29 is 19.2 Å². The number of amidine groups is 1. The van der Waals surface area contributed by atoms with Crippen molar-refractivity contribution in [3.8, 4) is 0 Å². The maximum atomic E-state index is 13.4. The number of hydrazone groups is 1. The maximum Gasteiger partial charge on any atom is 0.272 e. The number of carbonyl (C=O) groups is 4. The van der Waals surface area contributed by atoms with Crippen LogP contribution in [0.15, 0.2) is 125 Å². The van der Waals surface area contributed by atoms with Crippen LogP contribution in [0.4, 0.5) is 11.4 Å². The number of thioether (sulfide) groups is 1. The molecule has 5 rings (SSSR count). The highest BCUT2D eigenvalue weighted by atomic mass is 35.5. The molecule has 4 amide bonds. The molecule has 0 radical (unpaired) electrons. The van der Waals surface area contributed by atoms with Crippen LogP contribution >= 0.6 is 23.4 Å². The van der Waals surface area contributed by atoms with Gasteiger partial charge in [-0.05, 0) is 60.2 Å². The maximum absolute atomic E-state index is 13.4. The molecule has 9 nitrogen and oxygen atoms in total. The fourth-order valence-electron chi connectivity index (χ4n) is 4.17. The third kappa shape index (κ3) is 8.00. The first-order chi connectivity index (χ1) is 21.4. The second-order valence-corrected chi connectivity index (χ2v) is 10.9. The molecular weight excluding hydrogens is 598 g/mol. The Bertz CT molecular complexity index is 1760. The Morgan fingerprint density at radius 2 is 1.57 bits per heavy atom. The van der Waals surface area contributed by atoms with Gasteiger partial charge in [-0.1, -0.05) is 72.3 Å². The molecule has 0 spiro atoms. The molecule has 0 fully saturated rings. The van der Waals surface area contributed by atoms with E-state index in [0.717, 1.165) is 4.90 Å². The van der Waals surface area contributed by atoms with Gasteiger partial charge in [0.15, 0.2) is 0 Å². The van der Waals surface area contributed by atoms with Crippen LogP contribution in [-0.4, -0.2) is 35.2 Å². The summed E-state index contributed by atoms with van der Waals surface area (Å²) in [4.78, 5) is 52.0. The Morgan fingerprint density at radius 1 is 0.864 bits per heavy atom. The zero-order chi connectivity index (χ0) is 30.9. The van der Waals surface area contributed by atoms with Gasteiger partial charge in [0, 0.05) is 21.2 Å². The molecule has 3 N–H and O–H groups in total. The van der Waals surface area contributed by atoms with E-state index in [4.69, 9.17) is 11.6 Å². The molecule has 1 heterocycles. The highest BCUT2D eigenvalue weighted by Gasteiger charge is 2.26. The summed E-state index contributed by atoms with van der Waals surface area (Å²) in [6, 6.07) is 31.5. The minimum atomic E-state index is -0.555. The van der Waals surface area contributed by atoms with Gasteiger partial charge in [0.25, 0.3) is 17.7 Å². The van der Waals surface area contributed by atoms with Gasteiger partial charge in [-0.2, -0.15) is 10.1 Å². The Hall–Kier alpha value is -5.19. The summed E-state index contributed by atoms with van der Waals surface area (Å²) in [7, 11) is 0. The zero-order valence-electron chi connectivity index (χ0n) is 23.2. The first-order valence-electron chi connectivity index (χ1n) is 13.5. The lowest BCUT2D eigenvalue weighted by molar-refractivity contribution is -0.117. The van der Waals surface area contributed by atoms with Gasteiger partial charge in [0.2, 0.25) is 5.91 Å². The molecule has 1 aliphatic heterocycles. The van der Waals surface area contributed by atoms with Gasteiger partial charge >= 0.3 is 0 Å². The standard InChI is InChI=1S/C33H26ClN5O4S/c34-27-17-8-7-12-23(27)18-28(36-32(42)22-10-3-1-4-11-22)33(43)35-24-13-9-16-26(19-24)44-21-30(40)37-29-20-31(41)39(38-29)25-14-5-2-6-15-25/h1-19H,20-21H2,(H,35,43)(H,36,42)(H,37,38,40)/b28-18+. The lowest BCUT2D eigenvalue weighted by Crippen LogP contribution is -2.31. The largest absolute Gasteiger partial charge is 0.321 e. The summed E-state index contributed by atoms with van der Waals surface area (Å²) in [5.41, 5.74) is 2.04. The fraction of sp³-hybridized carbons (Fsp3) is 0.0606. The molecule has 1 aliphatic rings. The quantitative estimate of drug-likeness (QED) is 0.163. The van der Waals surface area contributed by atoms with Crippen LogP contribution in [0.25, 0.3) is 6.08 Å². The van der Waals surface area contributed by atoms with E-state index in [2.05, 4.69) is 21.1 Å². The third-order valence-electron chi connectivity index (χ3n) is 6.26. The Labute approximate surface area is 263 Å². The normalized spacial score (nSPS) is 12.8. The summed E-state index contributed by atoms with van der Waals surface area (Å²) < 4.78 is 0. The first-order valence-corrected chi connectivity index (χ1v) is 14.8. The van der Waals surface area contributed by atoms with Crippen LogP contribution < -0.4 is 21.0 Å². The molecule has 0 saturated carbocycles. The number of anilines is 2. The lowest BCUT2D eigenvalue weighted by Gasteiger charge is -2.12. The molecule has 0 bridgehead atoms. The fourth-order valence-corrected chi connectivity index (χ4v) is 5.11. The van der Waals surface area contributed by atoms with Crippen molar-refractivity contribution in [1.82, 2.24) is 10.6 Å². The van der Waals surface area contributed by atoms with Crippen molar-refractivity contribution in [1.29, 1.82) is 0 Å². The van der Waals surface area contributed by atoms with E-state index in [-0.39, 0.29) is 35.5 Å². The predicted molar refractivity (Wildman–Crippen MR) is 173 cm³/mol. The number of benzene rings is 4. The molecular formula is C33H26ClN5O4S. The van der Waals surface area contributed by atoms with Gasteiger partial charge in [-0.25, -0.2) is 0 Å². The molecule has 0 aromatic heterocycles. The summed E-state index contributed by atoms with van der Waals surface area (Å²) in [5.74, 6) is -1.22. The lowest BCUT2D eigenvalue weighted by atomic mass is 10.1. The average Bonchev–Trinajstić information content (AvgIpc) is 3.41. The van der Waals surface area contributed by atoms with E-state index in [1.807, 2.05) is 6.07 Å². The number of halogens is 1. The summed E-state index contributed by atoms with van der Waals surface area (Å²) in [6.07, 6.45) is 1.51. The Balaban J connectivity index is 1.23. The topological polar surface area (TPSA) is 120 Å². The van der Waals surface area contributed by atoms with E-state index < -0.39 is 11.8 Å². The Morgan fingerprint density at radius 3 is 2.32 bits per heavy atom. The van der Waals surface area contributed by atoms with Gasteiger partial charge in [0.1, 0.15) is 11.5 Å². The second-order valence-electron chi connectivity index (χ2n) is 9.48. The zero-order valence-corrected chi connectivity index (χ0v) is 24.8. The number of hydrogen-bond acceptors (Lipinski definition) is 6. The van der Waals surface area contributed by atoms with E-state index in [1.165, 1.54) is 22.8 Å². The van der Waals surface area contributed by atoms with Crippen LogP contribution in [-0.2, 0) is 14.4 Å². The third-order valence-corrected chi connectivity index (χ3v) is 7.59. The van der Waals surface area contributed by atoms with E-state index in [9.17, 15) is 19.2 Å². The molecule has 0 atom stereocenters. The second kappa shape index (κ2) is 14.3. The van der Waals surface area contributed by atoms with Gasteiger partial charge in [0.05, 0.1) is 17.9 Å².